The lowest BCUT2D eigenvalue weighted by Crippen LogP contribution is -2.31. The van der Waals surface area contributed by atoms with Gasteiger partial charge in [0.15, 0.2) is 0 Å². The Hall–Kier alpha value is -2.70. The molecule has 1 aromatic heterocycles. The van der Waals surface area contributed by atoms with Crippen LogP contribution in [-0.4, -0.2) is 28.4 Å². The molecule has 7 heteroatoms. The maximum atomic E-state index is 11.6. The molecule has 2 aromatic rings. The summed E-state index contributed by atoms with van der Waals surface area (Å²) in [6.45, 7) is 4.24. The van der Waals surface area contributed by atoms with E-state index in [4.69, 9.17) is 0 Å². The highest BCUT2D eigenvalue weighted by atomic mass is 16.6. The zero-order valence-corrected chi connectivity index (χ0v) is 12.5. The Bertz CT molecular complexity index is 700. The van der Waals surface area contributed by atoms with Crippen molar-refractivity contribution in [3.63, 3.8) is 0 Å². The summed E-state index contributed by atoms with van der Waals surface area (Å²) in [5.41, 5.74) is 1.23. The molecule has 7 nitrogen and oxygen atoms in total. The van der Waals surface area contributed by atoms with Gasteiger partial charge in [-0.25, -0.2) is 0 Å². The SMILES string of the molecule is CC(C)NC(=O)CCNc1ccc([N+](=O)[O-])c2cccnc12. The van der Waals surface area contributed by atoms with Crippen LogP contribution in [0.1, 0.15) is 20.3 Å². The van der Waals surface area contributed by atoms with Crippen LogP contribution in [0.5, 0.6) is 0 Å². The molecule has 1 heterocycles. The Morgan fingerprint density at radius 1 is 1.36 bits per heavy atom. The largest absolute Gasteiger partial charge is 0.383 e. The third-order valence-electron chi connectivity index (χ3n) is 3.06. The quantitative estimate of drug-likeness (QED) is 0.631. The van der Waals surface area contributed by atoms with Crippen LogP contribution in [0.15, 0.2) is 30.5 Å². The molecule has 1 amide bonds. The Labute approximate surface area is 127 Å². The summed E-state index contributed by atoms with van der Waals surface area (Å²) in [7, 11) is 0. The van der Waals surface area contributed by atoms with Crippen LogP contribution in [0.3, 0.4) is 0 Å². The number of hydrogen-bond acceptors (Lipinski definition) is 5. The van der Waals surface area contributed by atoms with Crippen molar-refractivity contribution < 1.29 is 9.72 Å². The fourth-order valence-electron chi connectivity index (χ4n) is 2.16. The van der Waals surface area contributed by atoms with Crippen LogP contribution in [0.4, 0.5) is 11.4 Å². The van der Waals surface area contributed by atoms with E-state index in [-0.39, 0.29) is 17.6 Å². The summed E-state index contributed by atoms with van der Waals surface area (Å²) in [5.74, 6) is -0.0401. The molecule has 0 atom stereocenters. The monoisotopic (exact) mass is 302 g/mol. The number of fused-ring (bicyclic) bond motifs is 1. The van der Waals surface area contributed by atoms with Crippen LogP contribution in [0, 0.1) is 10.1 Å². The van der Waals surface area contributed by atoms with E-state index in [2.05, 4.69) is 15.6 Å². The van der Waals surface area contributed by atoms with Gasteiger partial charge in [0, 0.05) is 31.3 Å². The minimum absolute atomic E-state index is 0.0196. The van der Waals surface area contributed by atoms with Crippen LogP contribution in [-0.2, 0) is 4.79 Å². The topological polar surface area (TPSA) is 97.2 Å². The number of amides is 1. The molecule has 116 valence electrons. The van der Waals surface area contributed by atoms with Gasteiger partial charge in [0.1, 0.15) is 5.52 Å². The number of hydrogen-bond donors (Lipinski definition) is 2. The fourth-order valence-corrected chi connectivity index (χ4v) is 2.16. The molecule has 0 saturated carbocycles. The molecule has 2 N–H and O–H groups in total. The second kappa shape index (κ2) is 6.84. The van der Waals surface area contributed by atoms with Gasteiger partial charge in [0.05, 0.1) is 16.0 Å². The first kappa shape index (κ1) is 15.7. The number of rotatable bonds is 6. The molecule has 0 aliphatic carbocycles. The van der Waals surface area contributed by atoms with Gasteiger partial charge in [-0.2, -0.15) is 0 Å². The van der Waals surface area contributed by atoms with Crippen molar-refractivity contribution in [1.29, 1.82) is 0 Å². The van der Waals surface area contributed by atoms with Gasteiger partial charge < -0.3 is 10.6 Å². The van der Waals surface area contributed by atoms with E-state index >= 15 is 0 Å². The van der Waals surface area contributed by atoms with E-state index in [0.717, 1.165) is 0 Å². The van der Waals surface area contributed by atoms with Crippen LogP contribution in [0.25, 0.3) is 10.9 Å². The maximum absolute atomic E-state index is 11.6. The number of nitrogens with zero attached hydrogens (tertiary/aromatic N) is 2. The number of pyridine rings is 1. The number of nitro groups is 1. The zero-order valence-electron chi connectivity index (χ0n) is 12.5. The van der Waals surface area contributed by atoms with Crippen molar-refractivity contribution in [3.8, 4) is 0 Å². The standard InChI is InChI=1S/C15H18N4O3/c1-10(2)18-14(20)7-9-16-12-5-6-13(19(21)22)11-4-3-8-17-15(11)12/h3-6,8,10,16H,7,9H2,1-2H3,(H,18,20). The van der Waals surface area contributed by atoms with E-state index in [1.807, 2.05) is 13.8 Å². The number of nitro benzene ring substituents is 1. The van der Waals surface area contributed by atoms with E-state index in [0.29, 0.717) is 29.6 Å². The summed E-state index contributed by atoms with van der Waals surface area (Å²) < 4.78 is 0. The van der Waals surface area contributed by atoms with Crippen molar-refractivity contribution in [1.82, 2.24) is 10.3 Å². The normalized spacial score (nSPS) is 10.7. The molecule has 0 radical (unpaired) electrons. The first-order chi connectivity index (χ1) is 10.5. The average molecular weight is 302 g/mol. The van der Waals surface area contributed by atoms with Crippen LogP contribution in [0.2, 0.25) is 0 Å². The van der Waals surface area contributed by atoms with Crippen LogP contribution < -0.4 is 10.6 Å². The lowest BCUT2D eigenvalue weighted by Gasteiger charge is -2.11. The minimum atomic E-state index is -0.427. The molecule has 1 aromatic carbocycles. The lowest BCUT2D eigenvalue weighted by atomic mass is 10.1. The molecule has 0 aliphatic rings. The average Bonchev–Trinajstić information content (AvgIpc) is 2.46. The number of carbonyl (C=O) groups is 1. The number of aromatic nitrogens is 1. The first-order valence-electron chi connectivity index (χ1n) is 7.04. The maximum Gasteiger partial charge on any atom is 0.278 e. The lowest BCUT2D eigenvalue weighted by molar-refractivity contribution is -0.383. The summed E-state index contributed by atoms with van der Waals surface area (Å²) >= 11 is 0. The molecular formula is C15H18N4O3. The van der Waals surface area contributed by atoms with Crippen molar-refractivity contribution in [2.45, 2.75) is 26.3 Å². The molecule has 0 aliphatic heterocycles. The predicted octanol–water partition coefficient (Wildman–Crippen LogP) is 2.47. The second-order valence-electron chi connectivity index (χ2n) is 5.19. The van der Waals surface area contributed by atoms with Crippen molar-refractivity contribution in [3.05, 3.63) is 40.6 Å². The fraction of sp³-hybridized carbons (Fsp3) is 0.333. The molecule has 2 rings (SSSR count). The van der Waals surface area contributed by atoms with Gasteiger partial charge in [-0.1, -0.05) is 0 Å². The third kappa shape index (κ3) is 3.69. The van der Waals surface area contributed by atoms with E-state index < -0.39 is 4.92 Å². The Morgan fingerprint density at radius 2 is 2.14 bits per heavy atom. The molecule has 0 spiro atoms. The van der Waals surface area contributed by atoms with Crippen molar-refractivity contribution in [2.24, 2.45) is 0 Å². The highest BCUT2D eigenvalue weighted by molar-refractivity contribution is 5.96. The zero-order chi connectivity index (χ0) is 16.1. The van der Waals surface area contributed by atoms with Crippen molar-refractivity contribution >= 4 is 28.2 Å². The molecular weight excluding hydrogens is 284 g/mol. The summed E-state index contributed by atoms with van der Waals surface area (Å²) in [6.07, 6.45) is 1.91. The summed E-state index contributed by atoms with van der Waals surface area (Å²) in [6, 6.07) is 6.50. The molecule has 22 heavy (non-hydrogen) atoms. The van der Waals surface area contributed by atoms with Gasteiger partial charge in [0.2, 0.25) is 5.91 Å². The Kier molecular flexibility index (Phi) is 4.88. The highest BCUT2D eigenvalue weighted by Gasteiger charge is 2.14. The molecule has 0 unspecified atom stereocenters. The number of carbonyl (C=O) groups excluding carboxylic acids is 1. The number of nitrogens with one attached hydrogen (secondary N) is 2. The predicted molar refractivity (Wildman–Crippen MR) is 84.8 cm³/mol. The van der Waals surface area contributed by atoms with Gasteiger partial charge in [0.25, 0.3) is 5.69 Å². The van der Waals surface area contributed by atoms with Crippen molar-refractivity contribution in [2.75, 3.05) is 11.9 Å². The van der Waals surface area contributed by atoms with Gasteiger partial charge in [-0.15, -0.1) is 0 Å². The smallest absolute Gasteiger partial charge is 0.278 e. The number of non-ortho nitro benzene ring substituents is 1. The molecule has 0 saturated heterocycles. The third-order valence-corrected chi connectivity index (χ3v) is 3.06. The minimum Gasteiger partial charge on any atom is -0.383 e. The second-order valence-corrected chi connectivity index (χ2v) is 5.19. The van der Waals surface area contributed by atoms with E-state index in [9.17, 15) is 14.9 Å². The number of benzene rings is 1. The van der Waals surface area contributed by atoms with E-state index in [1.54, 1.807) is 24.4 Å². The Morgan fingerprint density at radius 3 is 2.82 bits per heavy atom. The van der Waals surface area contributed by atoms with E-state index in [1.165, 1.54) is 6.07 Å². The highest BCUT2D eigenvalue weighted by Crippen LogP contribution is 2.29. The molecule has 0 fully saturated rings. The van der Waals surface area contributed by atoms with Gasteiger partial charge in [-0.3, -0.25) is 19.9 Å². The number of anilines is 1. The summed E-state index contributed by atoms with van der Waals surface area (Å²) in [5, 5.41) is 17.4. The van der Waals surface area contributed by atoms with Gasteiger partial charge in [-0.05, 0) is 32.0 Å². The Balaban J connectivity index is 2.14. The van der Waals surface area contributed by atoms with Gasteiger partial charge >= 0.3 is 0 Å². The first-order valence-corrected chi connectivity index (χ1v) is 7.04. The summed E-state index contributed by atoms with van der Waals surface area (Å²) in [4.78, 5) is 26.4. The molecule has 0 bridgehead atoms. The van der Waals surface area contributed by atoms with Crippen LogP contribution >= 0.6 is 0 Å².